The Bertz CT molecular complexity index is 168. The van der Waals surface area contributed by atoms with Crippen LogP contribution in [0.5, 0.6) is 0 Å². The minimum absolute atomic E-state index is 0.712. The molecule has 0 atom stereocenters. The largest absolute Gasteiger partial charge is 0.248 e. The summed E-state index contributed by atoms with van der Waals surface area (Å²) in [5.41, 5.74) is 0. The molecule has 1 aliphatic heterocycles. The van der Waals surface area contributed by atoms with Gasteiger partial charge in [-0.05, 0) is 12.8 Å². The Kier molecular flexibility index (Phi) is 1.53. The van der Waals surface area contributed by atoms with Crippen molar-refractivity contribution in [1.29, 1.82) is 0 Å². The van der Waals surface area contributed by atoms with Crippen molar-refractivity contribution in [3.05, 3.63) is 0 Å². The molecule has 0 spiro atoms. The zero-order valence-electron chi connectivity index (χ0n) is 4.67. The van der Waals surface area contributed by atoms with Crippen molar-refractivity contribution < 1.29 is 4.21 Å². The van der Waals surface area contributed by atoms with Crippen molar-refractivity contribution >= 4 is 9.73 Å². The standard InChI is InChI=1S/C4H10N2OS/c5-6-8(7)3-1-2-4-8/h1-5H2. The third-order valence-electron chi connectivity index (χ3n) is 1.37. The predicted octanol–water partition coefficient (Wildman–Crippen LogP) is 0.122. The second-order valence-corrected chi connectivity index (χ2v) is 4.57. The van der Waals surface area contributed by atoms with Crippen LogP contribution in [0.4, 0.5) is 0 Å². The van der Waals surface area contributed by atoms with Gasteiger partial charge >= 0.3 is 0 Å². The summed E-state index contributed by atoms with van der Waals surface area (Å²) in [5, 5.41) is 0. The summed E-state index contributed by atoms with van der Waals surface area (Å²) in [5.74, 6) is 6.34. The summed E-state index contributed by atoms with van der Waals surface area (Å²) in [4.78, 5) is 0. The van der Waals surface area contributed by atoms with Crippen LogP contribution in [0.2, 0.25) is 0 Å². The van der Waals surface area contributed by atoms with Crippen LogP contribution in [0.15, 0.2) is 4.47 Å². The molecule has 0 saturated carbocycles. The molecule has 1 aliphatic rings. The Labute approximate surface area is 49.4 Å². The molecule has 8 heavy (non-hydrogen) atoms. The van der Waals surface area contributed by atoms with Gasteiger partial charge in [0.05, 0.1) is 9.73 Å². The van der Waals surface area contributed by atoms with Crippen molar-refractivity contribution in [2.45, 2.75) is 12.8 Å². The molecular weight excluding hydrogens is 124 g/mol. The molecule has 0 aromatic rings. The predicted molar refractivity (Wildman–Crippen MR) is 33.7 cm³/mol. The third-order valence-corrected chi connectivity index (χ3v) is 3.61. The Morgan fingerprint density at radius 3 is 2.12 bits per heavy atom. The summed E-state index contributed by atoms with van der Waals surface area (Å²) < 4.78 is 14.4. The topological polar surface area (TPSA) is 55.4 Å². The first-order valence-electron chi connectivity index (χ1n) is 2.68. The van der Waals surface area contributed by atoms with Crippen LogP contribution >= 0.6 is 0 Å². The maximum atomic E-state index is 11.1. The van der Waals surface area contributed by atoms with Crippen molar-refractivity contribution in [2.24, 2.45) is 10.3 Å². The van der Waals surface area contributed by atoms with Gasteiger partial charge in [0.2, 0.25) is 0 Å². The number of nitrogens with two attached hydrogens (primary N) is 1. The maximum absolute atomic E-state index is 11.1. The highest BCUT2D eigenvalue weighted by molar-refractivity contribution is 7.93. The molecule has 0 amide bonds. The highest BCUT2D eigenvalue weighted by atomic mass is 32.2. The van der Waals surface area contributed by atoms with E-state index in [4.69, 9.17) is 5.84 Å². The lowest BCUT2D eigenvalue weighted by molar-refractivity contribution is 0.679. The second-order valence-electron chi connectivity index (χ2n) is 1.99. The van der Waals surface area contributed by atoms with Crippen LogP contribution in [-0.2, 0) is 9.73 Å². The minimum atomic E-state index is -1.89. The lowest BCUT2D eigenvalue weighted by Crippen LogP contribution is -2.03. The fraction of sp³-hybridized carbons (Fsp3) is 1.00. The molecule has 1 saturated heterocycles. The second kappa shape index (κ2) is 2.03. The first kappa shape index (κ1) is 6.04. The fourth-order valence-corrected chi connectivity index (χ4v) is 2.59. The quantitative estimate of drug-likeness (QED) is 0.378. The monoisotopic (exact) mass is 134 g/mol. The Morgan fingerprint density at radius 2 is 1.88 bits per heavy atom. The van der Waals surface area contributed by atoms with Crippen molar-refractivity contribution in [3.63, 3.8) is 0 Å². The molecule has 1 heterocycles. The first-order valence-corrected chi connectivity index (χ1v) is 4.54. The van der Waals surface area contributed by atoms with Gasteiger partial charge in [-0.15, -0.1) is 0 Å². The fourth-order valence-electron chi connectivity index (χ4n) is 0.863. The molecule has 3 nitrogen and oxygen atoms in total. The van der Waals surface area contributed by atoms with Gasteiger partial charge in [0.25, 0.3) is 0 Å². The number of hydrogen-bond acceptors (Lipinski definition) is 2. The van der Waals surface area contributed by atoms with E-state index in [-0.39, 0.29) is 0 Å². The molecule has 2 N–H and O–H groups in total. The summed E-state index contributed by atoms with van der Waals surface area (Å²) in [6.45, 7) is 0. The van der Waals surface area contributed by atoms with Crippen LogP contribution in [0, 0.1) is 0 Å². The zero-order valence-corrected chi connectivity index (χ0v) is 5.49. The van der Waals surface area contributed by atoms with Gasteiger partial charge < -0.3 is 0 Å². The zero-order chi connectivity index (χ0) is 6.04. The first-order chi connectivity index (χ1) is 3.77. The highest BCUT2D eigenvalue weighted by Crippen LogP contribution is 2.11. The van der Waals surface area contributed by atoms with Crippen LogP contribution in [0.25, 0.3) is 0 Å². The van der Waals surface area contributed by atoms with E-state index >= 15 is 0 Å². The van der Waals surface area contributed by atoms with E-state index < -0.39 is 9.73 Å². The van der Waals surface area contributed by atoms with Crippen molar-refractivity contribution in [3.8, 4) is 0 Å². The number of hydrogen-bond donors (Lipinski definition) is 1. The van der Waals surface area contributed by atoms with Crippen LogP contribution in [-0.4, -0.2) is 15.7 Å². The van der Waals surface area contributed by atoms with Gasteiger partial charge in [-0.25, -0.2) is 10.1 Å². The lowest BCUT2D eigenvalue weighted by Gasteiger charge is -1.91. The van der Waals surface area contributed by atoms with E-state index in [1.54, 1.807) is 0 Å². The third kappa shape index (κ3) is 1.00. The molecule has 0 unspecified atom stereocenters. The molecule has 0 radical (unpaired) electrons. The normalized spacial score (nSPS) is 25.6. The molecule has 0 aromatic carbocycles. The molecule has 0 aromatic heterocycles. The van der Waals surface area contributed by atoms with Gasteiger partial charge in [-0.3, -0.25) is 0 Å². The van der Waals surface area contributed by atoms with Crippen LogP contribution in [0.1, 0.15) is 12.8 Å². The molecule has 0 aliphatic carbocycles. The van der Waals surface area contributed by atoms with E-state index in [0.29, 0.717) is 11.5 Å². The Hall–Kier alpha value is -0.0900. The molecule has 0 bridgehead atoms. The highest BCUT2D eigenvalue weighted by Gasteiger charge is 2.14. The Morgan fingerprint density at radius 1 is 1.38 bits per heavy atom. The van der Waals surface area contributed by atoms with E-state index in [1.165, 1.54) is 0 Å². The van der Waals surface area contributed by atoms with Gasteiger partial charge in [-0.1, -0.05) is 0 Å². The van der Waals surface area contributed by atoms with Crippen molar-refractivity contribution in [2.75, 3.05) is 11.5 Å². The van der Waals surface area contributed by atoms with Crippen molar-refractivity contribution in [1.82, 2.24) is 0 Å². The van der Waals surface area contributed by atoms with E-state index in [2.05, 4.69) is 4.47 Å². The molecule has 1 fully saturated rings. The maximum Gasteiger partial charge on any atom is 0.0634 e. The van der Waals surface area contributed by atoms with Crippen LogP contribution in [0.3, 0.4) is 0 Å². The Balaban J connectivity index is 2.84. The minimum Gasteiger partial charge on any atom is -0.248 e. The van der Waals surface area contributed by atoms with Gasteiger partial charge in [0.15, 0.2) is 0 Å². The SMILES string of the molecule is NN=S1(=O)CCCC1. The average Bonchev–Trinajstić information content (AvgIpc) is 2.17. The lowest BCUT2D eigenvalue weighted by atomic mass is 10.4. The molecule has 4 heteroatoms. The number of rotatable bonds is 0. The van der Waals surface area contributed by atoms with E-state index in [1.807, 2.05) is 0 Å². The summed E-state index contributed by atoms with van der Waals surface area (Å²) in [6.07, 6.45) is 2.05. The van der Waals surface area contributed by atoms with Gasteiger partial charge in [0, 0.05) is 11.5 Å². The van der Waals surface area contributed by atoms with E-state index in [9.17, 15) is 4.21 Å². The summed E-state index contributed by atoms with van der Waals surface area (Å²) in [6, 6.07) is 0. The smallest absolute Gasteiger partial charge is 0.0634 e. The molecular formula is C4H10N2OS. The summed E-state index contributed by atoms with van der Waals surface area (Å²) in [7, 11) is -1.89. The van der Waals surface area contributed by atoms with Gasteiger partial charge in [0.1, 0.15) is 0 Å². The van der Waals surface area contributed by atoms with Gasteiger partial charge in [-0.2, -0.15) is 4.47 Å². The van der Waals surface area contributed by atoms with E-state index in [0.717, 1.165) is 12.8 Å². The van der Waals surface area contributed by atoms with Crippen LogP contribution < -0.4 is 5.84 Å². The summed E-state index contributed by atoms with van der Waals surface area (Å²) >= 11 is 0. The molecule has 48 valence electrons. The molecule has 1 rings (SSSR count). The number of nitrogens with zero attached hydrogens (tertiary/aromatic N) is 1. The average molecular weight is 134 g/mol.